The molecule has 1 unspecified atom stereocenters. The number of aliphatic carboxylic acids is 1. The van der Waals surface area contributed by atoms with Crippen molar-refractivity contribution >= 4 is 17.7 Å². The molecule has 114 valence electrons. The highest BCUT2D eigenvalue weighted by Gasteiger charge is 2.30. The first-order valence-corrected chi connectivity index (χ1v) is 7.34. The molecule has 1 aromatic rings. The number of carboxylic acids is 1. The van der Waals surface area contributed by atoms with E-state index in [9.17, 15) is 9.59 Å². The number of nitrogens with zero attached hydrogens (tertiary/aromatic N) is 1. The van der Waals surface area contributed by atoms with Crippen molar-refractivity contribution in [3.63, 3.8) is 0 Å². The molecule has 2 N–H and O–H groups in total. The molecule has 1 atom stereocenters. The van der Waals surface area contributed by atoms with Crippen LogP contribution in [0, 0.1) is 12.8 Å². The van der Waals surface area contributed by atoms with E-state index in [0.29, 0.717) is 5.92 Å². The summed E-state index contributed by atoms with van der Waals surface area (Å²) in [6.07, 6.45) is 2.24. The minimum absolute atomic E-state index is 0.0703. The minimum atomic E-state index is -0.907. The average Bonchev–Trinajstić information content (AvgIpc) is 3.25. The summed E-state index contributed by atoms with van der Waals surface area (Å²) in [5.74, 6) is -0.344. The summed E-state index contributed by atoms with van der Waals surface area (Å²) < 4.78 is 0. The van der Waals surface area contributed by atoms with Crippen molar-refractivity contribution in [3.8, 4) is 0 Å². The molecule has 2 rings (SSSR count). The number of carbonyl (C=O) groups is 2. The highest BCUT2D eigenvalue weighted by molar-refractivity contribution is 5.92. The van der Waals surface area contributed by atoms with E-state index < -0.39 is 5.97 Å². The van der Waals surface area contributed by atoms with Gasteiger partial charge in [-0.3, -0.25) is 9.69 Å². The molecular formula is C16H22N2O3. The van der Waals surface area contributed by atoms with Gasteiger partial charge in [0.1, 0.15) is 0 Å². The van der Waals surface area contributed by atoms with E-state index in [0.717, 1.165) is 24.1 Å². The van der Waals surface area contributed by atoms with Crippen molar-refractivity contribution in [1.29, 1.82) is 0 Å². The van der Waals surface area contributed by atoms with Crippen molar-refractivity contribution in [3.05, 3.63) is 29.8 Å². The molecule has 1 saturated carbocycles. The highest BCUT2D eigenvalue weighted by atomic mass is 16.4. The maximum atomic E-state index is 12.4. The largest absolute Gasteiger partial charge is 0.481 e. The first-order chi connectivity index (χ1) is 9.97. The molecule has 0 radical (unpaired) electrons. The number of urea groups is 1. The van der Waals surface area contributed by atoms with Crippen LogP contribution in [0.25, 0.3) is 0 Å². The molecular weight excluding hydrogens is 268 g/mol. The SMILES string of the molecule is Cc1ccc(N(CCC(=O)O)C(=O)NC(C)C2CC2)cc1. The maximum absolute atomic E-state index is 12.4. The fourth-order valence-corrected chi connectivity index (χ4v) is 2.27. The molecule has 1 aliphatic carbocycles. The molecule has 21 heavy (non-hydrogen) atoms. The number of carboxylic acid groups (broad SMARTS) is 1. The van der Waals surface area contributed by atoms with Gasteiger partial charge in [0.25, 0.3) is 0 Å². The summed E-state index contributed by atoms with van der Waals surface area (Å²) in [5, 5.41) is 11.8. The Balaban J connectivity index is 2.07. The molecule has 5 nitrogen and oxygen atoms in total. The van der Waals surface area contributed by atoms with Crippen LogP contribution in [0.2, 0.25) is 0 Å². The van der Waals surface area contributed by atoms with Gasteiger partial charge < -0.3 is 10.4 Å². The lowest BCUT2D eigenvalue weighted by Gasteiger charge is -2.25. The predicted octanol–water partition coefficient (Wildman–Crippen LogP) is 2.78. The van der Waals surface area contributed by atoms with Crippen LogP contribution in [-0.2, 0) is 4.79 Å². The second-order valence-electron chi connectivity index (χ2n) is 5.71. The third-order valence-electron chi connectivity index (χ3n) is 3.82. The lowest BCUT2D eigenvalue weighted by atomic mass is 10.2. The Morgan fingerprint density at radius 1 is 1.33 bits per heavy atom. The number of amides is 2. The van der Waals surface area contributed by atoms with Crippen LogP contribution >= 0.6 is 0 Å². The zero-order chi connectivity index (χ0) is 15.4. The molecule has 0 heterocycles. The first-order valence-electron chi connectivity index (χ1n) is 7.34. The zero-order valence-electron chi connectivity index (χ0n) is 12.5. The van der Waals surface area contributed by atoms with E-state index in [1.165, 1.54) is 4.90 Å². The van der Waals surface area contributed by atoms with E-state index in [1.54, 1.807) is 0 Å². The van der Waals surface area contributed by atoms with Gasteiger partial charge in [0.2, 0.25) is 0 Å². The Kier molecular flexibility index (Phi) is 4.83. The lowest BCUT2D eigenvalue weighted by molar-refractivity contribution is -0.136. The summed E-state index contributed by atoms with van der Waals surface area (Å²) in [5.41, 5.74) is 1.83. The fourth-order valence-electron chi connectivity index (χ4n) is 2.27. The number of aryl methyl sites for hydroxylation is 1. The van der Waals surface area contributed by atoms with Crippen molar-refractivity contribution in [2.75, 3.05) is 11.4 Å². The summed E-state index contributed by atoms with van der Waals surface area (Å²) in [4.78, 5) is 24.7. The summed E-state index contributed by atoms with van der Waals surface area (Å²) in [6, 6.07) is 7.44. The Labute approximate surface area is 125 Å². The van der Waals surface area contributed by atoms with Gasteiger partial charge in [0.05, 0.1) is 6.42 Å². The third kappa shape index (κ3) is 4.48. The van der Waals surface area contributed by atoms with Gasteiger partial charge in [0, 0.05) is 18.3 Å². The maximum Gasteiger partial charge on any atom is 0.322 e. The number of hydrogen-bond acceptors (Lipinski definition) is 2. The van der Waals surface area contributed by atoms with Gasteiger partial charge in [-0.2, -0.15) is 0 Å². The molecule has 0 saturated heterocycles. The van der Waals surface area contributed by atoms with Gasteiger partial charge in [-0.25, -0.2) is 4.79 Å². The molecule has 0 aliphatic heterocycles. The highest BCUT2D eigenvalue weighted by Crippen LogP contribution is 2.32. The third-order valence-corrected chi connectivity index (χ3v) is 3.82. The van der Waals surface area contributed by atoms with Gasteiger partial charge in [-0.1, -0.05) is 17.7 Å². The normalized spacial score (nSPS) is 15.3. The number of anilines is 1. The van der Waals surface area contributed by atoms with Crippen LogP contribution in [0.1, 0.15) is 31.7 Å². The zero-order valence-corrected chi connectivity index (χ0v) is 12.5. The summed E-state index contributed by atoms with van der Waals surface area (Å²) >= 11 is 0. The number of benzene rings is 1. The standard InChI is InChI=1S/C16H22N2O3/c1-11-3-7-14(8-4-11)18(10-9-15(19)20)16(21)17-12(2)13-5-6-13/h3-4,7-8,12-13H,5-6,9-10H2,1-2H3,(H,17,21)(H,19,20). The lowest BCUT2D eigenvalue weighted by Crippen LogP contribution is -2.45. The van der Waals surface area contributed by atoms with Crippen molar-refractivity contribution < 1.29 is 14.7 Å². The van der Waals surface area contributed by atoms with Gasteiger partial charge in [-0.05, 0) is 44.7 Å². The molecule has 0 bridgehead atoms. The van der Waals surface area contributed by atoms with Crippen LogP contribution in [0.5, 0.6) is 0 Å². The molecule has 0 spiro atoms. The fraction of sp³-hybridized carbons (Fsp3) is 0.500. The van der Waals surface area contributed by atoms with Crippen LogP contribution in [0.15, 0.2) is 24.3 Å². The second kappa shape index (κ2) is 6.61. The Morgan fingerprint density at radius 3 is 2.48 bits per heavy atom. The quantitative estimate of drug-likeness (QED) is 0.846. The average molecular weight is 290 g/mol. The topological polar surface area (TPSA) is 69.6 Å². The molecule has 0 aromatic heterocycles. The van der Waals surface area contributed by atoms with Crippen molar-refractivity contribution in [1.82, 2.24) is 5.32 Å². The van der Waals surface area contributed by atoms with E-state index in [1.807, 2.05) is 38.1 Å². The minimum Gasteiger partial charge on any atom is -0.481 e. The number of rotatable bonds is 6. The smallest absolute Gasteiger partial charge is 0.322 e. The molecule has 2 amide bonds. The Hall–Kier alpha value is -2.04. The van der Waals surface area contributed by atoms with E-state index >= 15 is 0 Å². The molecule has 5 heteroatoms. The predicted molar refractivity (Wildman–Crippen MR) is 81.5 cm³/mol. The monoisotopic (exact) mass is 290 g/mol. The first kappa shape index (κ1) is 15.4. The number of nitrogens with one attached hydrogen (secondary N) is 1. The van der Waals surface area contributed by atoms with Crippen LogP contribution in [-0.4, -0.2) is 29.7 Å². The second-order valence-corrected chi connectivity index (χ2v) is 5.71. The van der Waals surface area contributed by atoms with Gasteiger partial charge >= 0.3 is 12.0 Å². The Bertz CT molecular complexity index is 509. The van der Waals surface area contributed by atoms with Crippen molar-refractivity contribution in [2.45, 2.75) is 39.2 Å². The molecule has 1 aliphatic rings. The molecule has 1 fully saturated rings. The van der Waals surface area contributed by atoms with Crippen LogP contribution < -0.4 is 10.2 Å². The van der Waals surface area contributed by atoms with Gasteiger partial charge in [0.15, 0.2) is 0 Å². The van der Waals surface area contributed by atoms with E-state index in [2.05, 4.69) is 5.32 Å². The number of hydrogen-bond donors (Lipinski definition) is 2. The summed E-state index contributed by atoms with van der Waals surface area (Å²) in [7, 11) is 0. The van der Waals surface area contributed by atoms with E-state index in [4.69, 9.17) is 5.11 Å². The van der Waals surface area contributed by atoms with E-state index in [-0.39, 0.29) is 25.0 Å². The summed E-state index contributed by atoms with van der Waals surface area (Å²) in [6.45, 7) is 4.14. The van der Waals surface area contributed by atoms with Crippen LogP contribution in [0.4, 0.5) is 10.5 Å². The van der Waals surface area contributed by atoms with Gasteiger partial charge in [-0.15, -0.1) is 0 Å². The van der Waals surface area contributed by atoms with Crippen LogP contribution in [0.3, 0.4) is 0 Å². The number of carbonyl (C=O) groups excluding carboxylic acids is 1. The Morgan fingerprint density at radius 2 is 1.95 bits per heavy atom. The van der Waals surface area contributed by atoms with Crippen molar-refractivity contribution in [2.24, 2.45) is 5.92 Å². The molecule has 1 aromatic carbocycles.